The number of sulfonamides is 1. The van der Waals surface area contributed by atoms with Crippen LogP contribution in [0, 0.1) is 0 Å². The first-order valence-corrected chi connectivity index (χ1v) is 4.40. The van der Waals surface area contributed by atoms with Crippen molar-refractivity contribution in [2.45, 2.75) is 0 Å². The zero-order valence-electron chi connectivity index (χ0n) is 5.89. The van der Waals surface area contributed by atoms with Crippen molar-refractivity contribution in [3.05, 3.63) is 10.5 Å². The summed E-state index contributed by atoms with van der Waals surface area (Å²) in [7, 11) is -3.98. The third-order valence-electron chi connectivity index (χ3n) is 1.31. The maximum absolute atomic E-state index is 10.9. The molecular weight excluding hydrogens is 184 g/mol. The van der Waals surface area contributed by atoms with E-state index in [2.05, 4.69) is 4.40 Å². The van der Waals surface area contributed by atoms with Crippen LogP contribution in [0.25, 0.3) is 0 Å². The van der Waals surface area contributed by atoms with Gasteiger partial charge in [-0.05, 0) is 0 Å². The lowest BCUT2D eigenvalue weighted by atomic mass is 10.3. The Bertz CT molecular complexity index is 378. The summed E-state index contributed by atoms with van der Waals surface area (Å²) in [6, 6.07) is 0. The van der Waals surface area contributed by atoms with Crippen LogP contribution in [0.3, 0.4) is 0 Å². The highest BCUT2D eigenvalue weighted by molar-refractivity contribution is 7.95. The molecule has 0 atom stereocenters. The van der Waals surface area contributed by atoms with Gasteiger partial charge in [-0.25, -0.2) is 4.79 Å². The zero-order chi connectivity index (χ0) is 9.35. The van der Waals surface area contributed by atoms with Crippen LogP contribution in [0.4, 0.5) is 0 Å². The fraction of sp³-hybridized carbons (Fsp3) is 0.200. The summed E-state index contributed by atoms with van der Waals surface area (Å²) in [6.07, 6.45) is 0.957. The quantitative estimate of drug-likeness (QED) is 0.562. The molecule has 66 valence electrons. The summed E-state index contributed by atoms with van der Waals surface area (Å²) in [5, 5.41) is 8.48. The van der Waals surface area contributed by atoms with Gasteiger partial charge >= 0.3 is 5.97 Å². The van der Waals surface area contributed by atoms with Crippen LogP contribution in [0.1, 0.15) is 0 Å². The van der Waals surface area contributed by atoms with Gasteiger partial charge in [-0.3, -0.25) is 0 Å². The van der Waals surface area contributed by atoms with E-state index in [9.17, 15) is 13.2 Å². The zero-order valence-corrected chi connectivity index (χ0v) is 6.71. The molecule has 0 amide bonds. The normalized spacial score (nSPS) is 20.1. The molecule has 0 bridgehead atoms. The summed E-state index contributed by atoms with van der Waals surface area (Å²) in [5.41, 5.74) is 5.14. The van der Waals surface area contributed by atoms with Gasteiger partial charge in [-0.1, -0.05) is 0 Å². The van der Waals surface area contributed by atoms with Crippen LogP contribution >= 0.6 is 0 Å². The van der Waals surface area contributed by atoms with Gasteiger partial charge in [0.15, 0.2) is 4.91 Å². The second-order valence-electron chi connectivity index (χ2n) is 2.07. The molecule has 0 saturated heterocycles. The van der Waals surface area contributed by atoms with Gasteiger partial charge in [-0.2, -0.15) is 12.8 Å². The van der Waals surface area contributed by atoms with E-state index in [1.54, 1.807) is 0 Å². The molecule has 0 saturated carbocycles. The highest BCUT2D eigenvalue weighted by Crippen LogP contribution is 2.18. The van der Waals surface area contributed by atoms with Crippen LogP contribution in [-0.4, -0.2) is 32.3 Å². The number of carboxylic acid groups (broad SMARTS) is 1. The molecule has 0 fully saturated rings. The third kappa shape index (κ3) is 1.23. The van der Waals surface area contributed by atoms with Crippen molar-refractivity contribution in [1.82, 2.24) is 0 Å². The van der Waals surface area contributed by atoms with Crippen LogP contribution in [-0.2, 0) is 14.8 Å². The summed E-state index contributed by atoms with van der Waals surface area (Å²) < 4.78 is 24.8. The molecule has 0 unspecified atom stereocenters. The Kier molecular flexibility index (Phi) is 1.99. The Morgan fingerprint density at radius 1 is 1.67 bits per heavy atom. The number of aliphatic carboxylic acids is 1. The van der Waals surface area contributed by atoms with Crippen LogP contribution in [0.2, 0.25) is 0 Å². The van der Waals surface area contributed by atoms with E-state index in [0.717, 1.165) is 6.21 Å². The molecular formula is C5H6N2O4S. The molecule has 6 nitrogen and oxygen atoms in total. The number of rotatable bonds is 2. The summed E-state index contributed by atoms with van der Waals surface area (Å²) in [4.78, 5) is 9.70. The number of nitrogens with two attached hydrogens (primary N) is 1. The van der Waals surface area contributed by atoms with E-state index in [1.807, 2.05) is 0 Å². The monoisotopic (exact) mass is 190 g/mol. The van der Waals surface area contributed by atoms with E-state index < -0.39 is 20.9 Å². The minimum absolute atomic E-state index is 0.0301. The van der Waals surface area contributed by atoms with Gasteiger partial charge < -0.3 is 10.8 Å². The fourth-order valence-corrected chi connectivity index (χ4v) is 1.86. The Labute approximate surface area is 68.5 Å². The lowest BCUT2D eigenvalue weighted by Crippen LogP contribution is -2.13. The topological polar surface area (TPSA) is 110 Å². The first kappa shape index (κ1) is 8.88. The molecule has 12 heavy (non-hydrogen) atoms. The minimum Gasteiger partial charge on any atom is -0.477 e. The molecule has 0 spiro atoms. The Morgan fingerprint density at radius 3 is 2.58 bits per heavy atom. The Hall–Kier alpha value is -1.21. The number of hydrogen-bond acceptors (Lipinski definition) is 4. The predicted octanol–water partition coefficient (Wildman–Crippen LogP) is -1.30. The molecule has 0 aromatic rings. The second kappa shape index (κ2) is 2.68. The smallest absolute Gasteiger partial charge is 0.349 e. The van der Waals surface area contributed by atoms with E-state index in [1.165, 1.54) is 0 Å². The Morgan fingerprint density at radius 2 is 2.25 bits per heavy atom. The largest absolute Gasteiger partial charge is 0.477 e. The molecule has 7 heteroatoms. The van der Waals surface area contributed by atoms with E-state index in [4.69, 9.17) is 10.8 Å². The highest BCUT2D eigenvalue weighted by atomic mass is 32.2. The average Bonchev–Trinajstić information content (AvgIpc) is 2.24. The van der Waals surface area contributed by atoms with Crippen molar-refractivity contribution < 1.29 is 18.3 Å². The number of carbonyl (C=O) groups is 1. The van der Waals surface area contributed by atoms with Crippen LogP contribution < -0.4 is 5.73 Å². The van der Waals surface area contributed by atoms with E-state index >= 15 is 0 Å². The first-order valence-electron chi connectivity index (χ1n) is 2.96. The molecule has 1 aliphatic heterocycles. The molecule has 1 rings (SSSR count). The summed E-state index contributed by atoms with van der Waals surface area (Å²) >= 11 is 0. The molecule has 0 radical (unpaired) electrons. The van der Waals surface area contributed by atoms with E-state index in [-0.39, 0.29) is 12.1 Å². The number of nitrogens with zero attached hydrogens (tertiary/aromatic N) is 1. The number of hydrogen-bond donors (Lipinski definition) is 2. The highest BCUT2D eigenvalue weighted by Gasteiger charge is 2.31. The van der Waals surface area contributed by atoms with E-state index in [0.29, 0.717) is 0 Å². The number of carboxylic acids is 1. The average molecular weight is 190 g/mol. The molecule has 0 aromatic carbocycles. The van der Waals surface area contributed by atoms with Crippen molar-refractivity contribution in [2.75, 3.05) is 6.54 Å². The van der Waals surface area contributed by atoms with Crippen molar-refractivity contribution in [2.24, 2.45) is 10.1 Å². The second-order valence-corrected chi connectivity index (χ2v) is 3.64. The van der Waals surface area contributed by atoms with Crippen molar-refractivity contribution in [3.63, 3.8) is 0 Å². The SMILES string of the molecule is NCC1=C(C(=O)O)S(=O)(=O)N=C1. The predicted molar refractivity (Wildman–Crippen MR) is 41.1 cm³/mol. The lowest BCUT2D eigenvalue weighted by molar-refractivity contribution is -0.131. The molecule has 1 aliphatic rings. The standard InChI is InChI=1S/C5H6N2O4S/c6-1-3-2-7-12(10,11)4(3)5(8)9/h2H,1,6H2,(H,8,9). The van der Waals surface area contributed by atoms with Gasteiger partial charge in [0.05, 0.1) is 0 Å². The van der Waals surface area contributed by atoms with Crippen LogP contribution in [0.5, 0.6) is 0 Å². The third-order valence-corrected chi connectivity index (χ3v) is 2.65. The van der Waals surface area contributed by atoms with Gasteiger partial charge in [0.1, 0.15) is 0 Å². The maximum Gasteiger partial charge on any atom is 0.349 e. The Balaban J connectivity index is 3.33. The lowest BCUT2D eigenvalue weighted by Gasteiger charge is -1.95. The molecule has 0 aliphatic carbocycles. The van der Waals surface area contributed by atoms with Crippen LogP contribution in [0.15, 0.2) is 14.9 Å². The van der Waals surface area contributed by atoms with Gasteiger partial charge in [-0.15, -0.1) is 0 Å². The first-order chi connectivity index (χ1) is 5.49. The molecule has 0 aromatic heterocycles. The molecule has 3 N–H and O–H groups in total. The minimum atomic E-state index is -3.98. The van der Waals surface area contributed by atoms with Crippen molar-refractivity contribution >= 4 is 22.2 Å². The van der Waals surface area contributed by atoms with Gasteiger partial charge in [0, 0.05) is 18.3 Å². The molecule has 1 heterocycles. The van der Waals surface area contributed by atoms with Gasteiger partial charge in [0.2, 0.25) is 0 Å². The summed E-state index contributed by atoms with van der Waals surface area (Å²) in [6.45, 7) is -0.148. The maximum atomic E-state index is 10.9. The fourth-order valence-electron chi connectivity index (χ4n) is 0.803. The van der Waals surface area contributed by atoms with Crippen molar-refractivity contribution in [3.8, 4) is 0 Å². The van der Waals surface area contributed by atoms with Crippen molar-refractivity contribution in [1.29, 1.82) is 0 Å². The van der Waals surface area contributed by atoms with Gasteiger partial charge in [0.25, 0.3) is 10.0 Å². The summed E-state index contributed by atoms with van der Waals surface area (Å²) in [5.74, 6) is -1.52.